The third kappa shape index (κ3) is 3.59. The van der Waals surface area contributed by atoms with Gasteiger partial charge in [0.1, 0.15) is 5.83 Å². The van der Waals surface area contributed by atoms with Gasteiger partial charge in [-0.3, -0.25) is 0 Å². The number of alkyl halides is 1. The maximum atomic E-state index is 14.0. The molecule has 0 amide bonds. The average molecular weight is 417 g/mol. The monoisotopic (exact) mass is 416 g/mol. The third-order valence-electron chi connectivity index (χ3n) is 7.20. The Balaban J connectivity index is 1.51. The quantitative estimate of drug-likeness (QED) is 0.585. The van der Waals surface area contributed by atoms with E-state index in [1.807, 2.05) is 6.08 Å². The van der Waals surface area contributed by atoms with Gasteiger partial charge in [-0.15, -0.1) is 0 Å². The maximum Gasteiger partial charge on any atom is 0.155 e. The summed E-state index contributed by atoms with van der Waals surface area (Å²) in [5, 5.41) is 3.64. The van der Waals surface area contributed by atoms with Crippen LogP contribution in [-0.2, 0) is 19.4 Å². The molecule has 1 aromatic rings. The van der Waals surface area contributed by atoms with Crippen molar-refractivity contribution < 1.29 is 8.78 Å². The number of hydrogen-bond donors (Lipinski definition) is 3. The normalized spacial score (nSPS) is 25.5. The van der Waals surface area contributed by atoms with Crippen molar-refractivity contribution in [3.05, 3.63) is 52.4 Å². The van der Waals surface area contributed by atoms with Crippen LogP contribution in [0.25, 0.3) is 5.57 Å². The van der Waals surface area contributed by atoms with Gasteiger partial charge in [-0.05, 0) is 80.7 Å². The van der Waals surface area contributed by atoms with Crippen LogP contribution < -0.4 is 16.8 Å². The number of rotatable bonds is 7. The highest BCUT2D eigenvalue weighted by atomic mass is 19.2. The van der Waals surface area contributed by atoms with Crippen LogP contribution in [0.1, 0.15) is 61.5 Å². The van der Waals surface area contributed by atoms with E-state index in [1.165, 1.54) is 35.5 Å². The van der Waals surface area contributed by atoms with E-state index in [2.05, 4.69) is 23.7 Å². The van der Waals surface area contributed by atoms with Gasteiger partial charge in [-0.2, -0.15) is 0 Å². The van der Waals surface area contributed by atoms with Gasteiger partial charge in [0, 0.05) is 30.6 Å². The molecule has 1 saturated carbocycles. The lowest BCUT2D eigenvalue weighted by molar-refractivity contribution is 0.226. The number of nitrogens with zero attached hydrogens (tertiary/aromatic N) is 1. The SMILES string of the molecule is Cc1c(CCCNC2(/C(N)=C/N)CCC2)c2n(c1C1=CCC(F)C(F)=C1)CC(C)C2. The van der Waals surface area contributed by atoms with Crippen LogP contribution in [-0.4, -0.2) is 22.8 Å². The second-order valence-electron chi connectivity index (χ2n) is 9.30. The van der Waals surface area contributed by atoms with E-state index < -0.39 is 12.0 Å². The van der Waals surface area contributed by atoms with Crippen molar-refractivity contribution in [1.29, 1.82) is 0 Å². The number of aromatic nitrogens is 1. The second-order valence-corrected chi connectivity index (χ2v) is 9.30. The molecule has 6 heteroatoms. The average Bonchev–Trinajstić information content (AvgIpc) is 3.17. The Morgan fingerprint density at radius 2 is 2.17 bits per heavy atom. The van der Waals surface area contributed by atoms with Crippen LogP contribution in [0.15, 0.2) is 29.9 Å². The molecule has 0 saturated heterocycles. The summed E-state index contributed by atoms with van der Waals surface area (Å²) in [4.78, 5) is 0. The molecule has 2 atom stereocenters. The van der Waals surface area contributed by atoms with Crippen LogP contribution in [0.5, 0.6) is 0 Å². The largest absolute Gasteiger partial charge is 0.403 e. The Hall–Kier alpha value is -2.08. The van der Waals surface area contributed by atoms with Crippen molar-refractivity contribution in [3.8, 4) is 0 Å². The minimum atomic E-state index is -1.50. The molecule has 2 heterocycles. The molecule has 2 unspecified atom stereocenters. The summed E-state index contributed by atoms with van der Waals surface area (Å²) in [7, 11) is 0. The molecule has 164 valence electrons. The molecular formula is C24H34F2N4. The first kappa shape index (κ1) is 21.2. The number of halogens is 2. The van der Waals surface area contributed by atoms with Crippen molar-refractivity contribution in [2.24, 2.45) is 17.4 Å². The molecule has 30 heavy (non-hydrogen) atoms. The Morgan fingerprint density at radius 1 is 1.40 bits per heavy atom. The summed E-state index contributed by atoms with van der Waals surface area (Å²) in [6.07, 6.45) is 9.64. The lowest BCUT2D eigenvalue weighted by Gasteiger charge is -2.43. The van der Waals surface area contributed by atoms with Gasteiger partial charge in [0.15, 0.2) is 6.17 Å². The minimum absolute atomic E-state index is 0.116. The smallest absolute Gasteiger partial charge is 0.155 e. The predicted octanol–water partition coefficient (Wildman–Crippen LogP) is 4.17. The highest BCUT2D eigenvalue weighted by Crippen LogP contribution is 2.39. The zero-order valence-corrected chi connectivity index (χ0v) is 18.1. The second kappa shape index (κ2) is 8.22. The highest BCUT2D eigenvalue weighted by molar-refractivity contribution is 5.77. The molecule has 4 nitrogen and oxygen atoms in total. The molecule has 1 aliphatic heterocycles. The summed E-state index contributed by atoms with van der Waals surface area (Å²) < 4.78 is 29.9. The van der Waals surface area contributed by atoms with E-state index in [0.29, 0.717) is 5.92 Å². The predicted molar refractivity (Wildman–Crippen MR) is 118 cm³/mol. The summed E-state index contributed by atoms with van der Waals surface area (Å²) in [6, 6.07) is 0. The van der Waals surface area contributed by atoms with Crippen LogP contribution in [0, 0.1) is 12.8 Å². The maximum absolute atomic E-state index is 14.0. The molecule has 3 aliphatic rings. The summed E-state index contributed by atoms with van der Waals surface area (Å²) >= 11 is 0. The molecule has 5 N–H and O–H groups in total. The number of nitrogens with two attached hydrogens (primary N) is 2. The molecule has 2 aliphatic carbocycles. The highest BCUT2D eigenvalue weighted by Gasteiger charge is 2.38. The summed E-state index contributed by atoms with van der Waals surface area (Å²) in [6.45, 7) is 6.20. The Morgan fingerprint density at radius 3 is 2.80 bits per heavy atom. The van der Waals surface area contributed by atoms with E-state index in [-0.39, 0.29) is 12.0 Å². The molecule has 0 aromatic carbocycles. The molecule has 1 aromatic heterocycles. The number of fused-ring (bicyclic) bond motifs is 1. The molecular weight excluding hydrogens is 382 g/mol. The lowest BCUT2D eigenvalue weighted by Crippen LogP contribution is -2.55. The topological polar surface area (TPSA) is 69.0 Å². The van der Waals surface area contributed by atoms with E-state index in [4.69, 9.17) is 11.5 Å². The van der Waals surface area contributed by atoms with Crippen LogP contribution in [0.3, 0.4) is 0 Å². The summed E-state index contributed by atoms with van der Waals surface area (Å²) in [5.41, 5.74) is 18.3. The van der Waals surface area contributed by atoms with Crippen molar-refractivity contribution in [2.45, 2.75) is 77.0 Å². The van der Waals surface area contributed by atoms with Gasteiger partial charge < -0.3 is 21.4 Å². The van der Waals surface area contributed by atoms with Crippen molar-refractivity contribution in [3.63, 3.8) is 0 Å². The van der Waals surface area contributed by atoms with E-state index in [0.717, 1.165) is 62.2 Å². The van der Waals surface area contributed by atoms with Crippen molar-refractivity contribution in [1.82, 2.24) is 9.88 Å². The fourth-order valence-corrected chi connectivity index (χ4v) is 5.36. The molecule has 1 fully saturated rings. The van der Waals surface area contributed by atoms with Gasteiger partial charge in [-0.1, -0.05) is 13.0 Å². The lowest BCUT2D eigenvalue weighted by atomic mass is 9.74. The molecule has 0 spiro atoms. The van der Waals surface area contributed by atoms with Crippen LogP contribution >= 0.6 is 0 Å². The van der Waals surface area contributed by atoms with E-state index >= 15 is 0 Å². The first-order chi connectivity index (χ1) is 14.4. The van der Waals surface area contributed by atoms with E-state index in [1.54, 1.807) is 0 Å². The summed E-state index contributed by atoms with van der Waals surface area (Å²) in [5.74, 6) is -0.0912. The standard InChI is InChI=1S/C24H34F2N4/c1-15-11-21-18(5-3-10-29-24(8-4-9-24)22(28)13-27)16(2)23(30(21)14-15)17-6-7-19(25)20(26)12-17/h6,12-13,15,19,29H,3-5,7-11,14,27-28H2,1-2H3/b22-13-. The van der Waals surface area contributed by atoms with Crippen molar-refractivity contribution in [2.75, 3.05) is 6.54 Å². The fraction of sp³-hybridized carbons (Fsp3) is 0.583. The van der Waals surface area contributed by atoms with Gasteiger partial charge in [0.25, 0.3) is 0 Å². The van der Waals surface area contributed by atoms with Crippen LogP contribution in [0.2, 0.25) is 0 Å². The Bertz CT molecular complexity index is 905. The van der Waals surface area contributed by atoms with Gasteiger partial charge in [-0.25, -0.2) is 8.78 Å². The zero-order chi connectivity index (χ0) is 21.5. The molecule has 0 radical (unpaired) electrons. The fourth-order valence-electron chi connectivity index (χ4n) is 5.36. The first-order valence-corrected chi connectivity index (χ1v) is 11.2. The van der Waals surface area contributed by atoms with Crippen molar-refractivity contribution >= 4 is 5.57 Å². The number of nitrogens with one attached hydrogen (secondary N) is 1. The van der Waals surface area contributed by atoms with Gasteiger partial charge in [0.2, 0.25) is 0 Å². The van der Waals surface area contributed by atoms with E-state index in [9.17, 15) is 8.78 Å². The third-order valence-corrected chi connectivity index (χ3v) is 7.20. The first-order valence-electron chi connectivity index (χ1n) is 11.2. The minimum Gasteiger partial charge on any atom is -0.403 e. The van der Waals surface area contributed by atoms with Gasteiger partial charge >= 0.3 is 0 Å². The zero-order valence-electron chi connectivity index (χ0n) is 18.1. The molecule has 4 rings (SSSR count). The Labute approximate surface area is 178 Å². The molecule has 0 bridgehead atoms. The Kier molecular flexibility index (Phi) is 5.80. The van der Waals surface area contributed by atoms with Gasteiger partial charge in [0.05, 0.1) is 11.2 Å². The van der Waals surface area contributed by atoms with Crippen LogP contribution in [0.4, 0.5) is 8.78 Å². The number of allylic oxidation sites excluding steroid dienone is 4. The number of hydrogen-bond acceptors (Lipinski definition) is 3.